The predicted octanol–water partition coefficient (Wildman–Crippen LogP) is 0.342. The Labute approximate surface area is 107 Å². The molecule has 0 unspecified atom stereocenters. The second kappa shape index (κ2) is 5.77. The van der Waals surface area contributed by atoms with Gasteiger partial charge in [-0.3, -0.25) is 4.79 Å². The van der Waals surface area contributed by atoms with Gasteiger partial charge < -0.3 is 15.5 Å². The molecule has 0 aliphatic heterocycles. The minimum atomic E-state index is -0.0858. The first kappa shape index (κ1) is 12.8. The number of amides is 1. The number of hydrogen-bond donors (Lipinski definition) is 2. The Balaban J connectivity index is 1.82. The number of rotatable bonds is 6. The van der Waals surface area contributed by atoms with Crippen molar-refractivity contribution in [3.63, 3.8) is 0 Å². The highest BCUT2D eigenvalue weighted by Crippen LogP contribution is 2.19. The smallest absolute Gasteiger partial charge is 0.254 e. The monoisotopic (exact) mass is 249 g/mol. The largest absolute Gasteiger partial charge is 0.353 e. The van der Waals surface area contributed by atoms with Crippen molar-refractivity contribution in [2.45, 2.75) is 18.9 Å². The van der Waals surface area contributed by atoms with E-state index in [1.54, 1.807) is 12.4 Å². The number of likely N-dealkylation sites (N-methyl/N-ethyl adjacent to an activating group) is 1. The number of anilines is 1. The van der Waals surface area contributed by atoms with E-state index in [9.17, 15) is 4.79 Å². The zero-order chi connectivity index (χ0) is 13.0. The first-order chi connectivity index (χ1) is 8.65. The molecule has 98 valence electrons. The van der Waals surface area contributed by atoms with Crippen LogP contribution in [0.5, 0.6) is 0 Å². The van der Waals surface area contributed by atoms with E-state index in [4.69, 9.17) is 0 Å². The van der Waals surface area contributed by atoms with Crippen LogP contribution in [0.15, 0.2) is 12.4 Å². The Morgan fingerprint density at radius 3 is 2.61 bits per heavy atom. The number of hydrogen-bond acceptors (Lipinski definition) is 5. The molecule has 1 aliphatic rings. The van der Waals surface area contributed by atoms with E-state index in [2.05, 4.69) is 25.5 Å². The summed E-state index contributed by atoms with van der Waals surface area (Å²) in [4.78, 5) is 22.0. The van der Waals surface area contributed by atoms with Gasteiger partial charge in [0, 0.05) is 31.5 Å². The van der Waals surface area contributed by atoms with E-state index in [1.165, 1.54) is 0 Å². The third-order valence-corrected chi connectivity index (χ3v) is 2.67. The van der Waals surface area contributed by atoms with Gasteiger partial charge in [0.15, 0.2) is 0 Å². The Bertz CT molecular complexity index is 399. The minimum Gasteiger partial charge on any atom is -0.353 e. The molecular weight excluding hydrogens is 230 g/mol. The maximum absolute atomic E-state index is 11.7. The summed E-state index contributed by atoms with van der Waals surface area (Å²) in [5, 5.41) is 6.00. The topological polar surface area (TPSA) is 70.2 Å². The van der Waals surface area contributed by atoms with Crippen molar-refractivity contribution < 1.29 is 4.79 Å². The molecule has 1 saturated carbocycles. The van der Waals surface area contributed by atoms with Gasteiger partial charge in [0.25, 0.3) is 5.91 Å². The van der Waals surface area contributed by atoms with E-state index in [0.717, 1.165) is 25.9 Å². The second-order valence-corrected chi connectivity index (χ2v) is 4.77. The van der Waals surface area contributed by atoms with Gasteiger partial charge in [-0.1, -0.05) is 0 Å². The molecular formula is C12H19N5O. The van der Waals surface area contributed by atoms with Gasteiger partial charge in [-0.05, 0) is 26.9 Å². The lowest BCUT2D eigenvalue weighted by Gasteiger charge is -2.10. The van der Waals surface area contributed by atoms with Crippen LogP contribution in [0.3, 0.4) is 0 Å². The van der Waals surface area contributed by atoms with Gasteiger partial charge in [-0.15, -0.1) is 0 Å². The fourth-order valence-corrected chi connectivity index (χ4v) is 1.42. The summed E-state index contributed by atoms with van der Waals surface area (Å²) in [6, 6.07) is 0.357. The van der Waals surface area contributed by atoms with Gasteiger partial charge in [0.05, 0.1) is 5.56 Å². The van der Waals surface area contributed by atoms with Gasteiger partial charge in [-0.2, -0.15) is 0 Å². The molecule has 0 bridgehead atoms. The molecule has 0 aromatic carbocycles. The average molecular weight is 249 g/mol. The predicted molar refractivity (Wildman–Crippen MR) is 69.6 cm³/mol. The average Bonchev–Trinajstić information content (AvgIpc) is 3.13. The maximum Gasteiger partial charge on any atom is 0.254 e. The van der Waals surface area contributed by atoms with Crippen LogP contribution in [0.4, 0.5) is 5.95 Å². The Hall–Kier alpha value is -1.69. The normalized spacial score (nSPS) is 14.6. The minimum absolute atomic E-state index is 0.0858. The van der Waals surface area contributed by atoms with Gasteiger partial charge in [0.2, 0.25) is 5.95 Å². The molecule has 1 fully saturated rings. The van der Waals surface area contributed by atoms with Gasteiger partial charge in [-0.25, -0.2) is 9.97 Å². The molecule has 2 rings (SSSR count). The SMILES string of the molecule is CN(C)CCNc1ncc(C(=O)NC2CC2)cn1. The number of carbonyl (C=O) groups is 1. The Kier molecular flexibility index (Phi) is 4.09. The fourth-order valence-electron chi connectivity index (χ4n) is 1.42. The van der Waals surface area contributed by atoms with E-state index >= 15 is 0 Å². The molecule has 0 radical (unpaired) electrons. The van der Waals surface area contributed by atoms with Crippen LogP contribution in [-0.4, -0.2) is 54.0 Å². The molecule has 6 nitrogen and oxygen atoms in total. The van der Waals surface area contributed by atoms with Gasteiger partial charge >= 0.3 is 0 Å². The van der Waals surface area contributed by atoms with Crippen LogP contribution in [0.1, 0.15) is 23.2 Å². The molecule has 1 aliphatic carbocycles. The highest BCUT2D eigenvalue weighted by molar-refractivity contribution is 5.94. The van der Waals surface area contributed by atoms with Crippen LogP contribution >= 0.6 is 0 Å². The van der Waals surface area contributed by atoms with Crippen LogP contribution in [0.2, 0.25) is 0 Å². The molecule has 1 aromatic heterocycles. The molecule has 1 amide bonds. The number of nitrogens with zero attached hydrogens (tertiary/aromatic N) is 3. The van der Waals surface area contributed by atoms with Crippen LogP contribution in [-0.2, 0) is 0 Å². The summed E-state index contributed by atoms with van der Waals surface area (Å²) in [7, 11) is 4.02. The van der Waals surface area contributed by atoms with E-state index in [0.29, 0.717) is 17.6 Å². The zero-order valence-electron chi connectivity index (χ0n) is 10.8. The van der Waals surface area contributed by atoms with Crippen molar-refractivity contribution in [2.24, 2.45) is 0 Å². The van der Waals surface area contributed by atoms with Crippen molar-refractivity contribution in [1.82, 2.24) is 20.2 Å². The fraction of sp³-hybridized carbons (Fsp3) is 0.583. The summed E-state index contributed by atoms with van der Waals surface area (Å²) in [5.74, 6) is 0.470. The van der Waals surface area contributed by atoms with Crippen LogP contribution in [0, 0.1) is 0 Å². The van der Waals surface area contributed by atoms with E-state index in [-0.39, 0.29) is 5.91 Å². The lowest BCUT2D eigenvalue weighted by atomic mass is 10.3. The van der Waals surface area contributed by atoms with Crippen molar-refractivity contribution in [1.29, 1.82) is 0 Å². The quantitative estimate of drug-likeness (QED) is 0.761. The molecule has 0 saturated heterocycles. The summed E-state index contributed by atoms with van der Waals surface area (Å²) < 4.78 is 0. The lowest BCUT2D eigenvalue weighted by Crippen LogP contribution is -2.26. The summed E-state index contributed by atoms with van der Waals surface area (Å²) in [6.07, 6.45) is 5.28. The van der Waals surface area contributed by atoms with Crippen LogP contribution < -0.4 is 10.6 Å². The van der Waals surface area contributed by atoms with E-state index in [1.807, 2.05) is 14.1 Å². The maximum atomic E-state index is 11.7. The summed E-state index contributed by atoms with van der Waals surface area (Å²) in [6.45, 7) is 1.69. The first-order valence-electron chi connectivity index (χ1n) is 6.16. The molecule has 1 heterocycles. The van der Waals surface area contributed by atoms with E-state index < -0.39 is 0 Å². The molecule has 6 heteroatoms. The lowest BCUT2D eigenvalue weighted by molar-refractivity contribution is 0.0950. The molecule has 0 atom stereocenters. The van der Waals surface area contributed by atoms with Crippen molar-refractivity contribution in [3.8, 4) is 0 Å². The highest BCUT2D eigenvalue weighted by atomic mass is 16.1. The third-order valence-electron chi connectivity index (χ3n) is 2.67. The second-order valence-electron chi connectivity index (χ2n) is 4.77. The highest BCUT2D eigenvalue weighted by Gasteiger charge is 2.23. The van der Waals surface area contributed by atoms with Crippen molar-refractivity contribution in [2.75, 3.05) is 32.5 Å². The van der Waals surface area contributed by atoms with Gasteiger partial charge in [0.1, 0.15) is 0 Å². The first-order valence-corrected chi connectivity index (χ1v) is 6.16. The molecule has 2 N–H and O–H groups in total. The third kappa shape index (κ3) is 3.96. The molecule has 18 heavy (non-hydrogen) atoms. The number of carbonyl (C=O) groups excluding carboxylic acids is 1. The van der Waals surface area contributed by atoms with Crippen LogP contribution in [0.25, 0.3) is 0 Å². The van der Waals surface area contributed by atoms with Crippen molar-refractivity contribution >= 4 is 11.9 Å². The Morgan fingerprint density at radius 1 is 1.39 bits per heavy atom. The number of aromatic nitrogens is 2. The molecule has 0 spiro atoms. The molecule has 1 aromatic rings. The van der Waals surface area contributed by atoms with Crippen molar-refractivity contribution in [3.05, 3.63) is 18.0 Å². The zero-order valence-corrected chi connectivity index (χ0v) is 10.8. The standard InChI is InChI=1S/C12H19N5O/c1-17(2)6-5-13-12-14-7-9(8-15-12)11(18)16-10-3-4-10/h7-8,10H,3-6H2,1-2H3,(H,16,18)(H,13,14,15). The Morgan fingerprint density at radius 2 is 2.06 bits per heavy atom. The number of nitrogens with one attached hydrogen (secondary N) is 2. The summed E-state index contributed by atoms with van der Waals surface area (Å²) in [5.41, 5.74) is 0.514. The summed E-state index contributed by atoms with van der Waals surface area (Å²) >= 11 is 0.